The first kappa shape index (κ1) is 16.6. The molecule has 0 spiro atoms. The summed E-state index contributed by atoms with van der Waals surface area (Å²) in [6.07, 6.45) is 5.25. The first-order valence-corrected chi connectivity index (χ1v) is 9.14. The van der Waals surface area contributed by atoms with Gasteiger partial charge in [-0.3, -0.25) is 4.79 Å². The highest BCUT2D eigenvalue weighted by Crippen LogP contribution is 2.21. The van der Waals surface area contributed by atoms with E-state index in [2.05, 4.69) is 15.4 Å². The third-order valence-corrected chi connectivity index (χ3v) is 4.79. The molecule has 3 rings (SSSR count). The van der Waals surface area contributed by atoms with Gasteiger partial charge >= 0.3 is 0 Å². The van der Waals surface area contributed by atoms with Gasteiger partial charge in [0.25, 0.3) is 0 Å². The monoisotopic (exact) mass is 343 g/mol. The number of anilines is 1. The SMILES string of the molecule is O=C(CSc1ccccc1)N/N=C\c1ccc(N2CCCCC2)o1. The second-order valence-corrected chi connectivity index (χ2v) is 6.67. The zero-order valence-corrected chi connectivity index (χ0v) is 14.3. The van der Waals surface area contributed by atoms with Crippen molar-refractivity contribution in [1.29, 1.82) is 0 Å². The van der Waals surface area contributed by atoms with Crippen LogP contribution in [-0.4, -0.2) is 31.0 Å². The lowest BCUT2D eigenvalue weighted by molar-refractivity contribution is -0.118. The second-order valence-electron chi connectivity index (χ2n) is 5.62. The molecule has 1 aliphatic heterocycles. The van der Waals surface area contributed by atoms with Gasteiger partial charge in [-0.1, -0.05) is 18.2 Å². The Morgan fingerprint density at radius 1 is 1.17 bits per heavy atom. The molecule has 0 atom stereocenters. The maximum Gasteiger partial charge on any atom is 0.250 e. The highest BCUT2D eigenvalue weighted by atomic mass is 32.2. The Balaban J connectivity index is 1.44. The normalized spacial score (nSPS) is 14.9. The lowest BCUT2D eigenvalue weighted by atomic mass is 10.1. The smallest absolute Gasteiger partial charge is 0.250 e. The summed E-state index contributed by atoms with van der Waals surface area (Å²) in [5.74, 6) is 1.72. The van der Waals surface area contributed by atoms with Crippen LogP contribution in [0.3, 0.4) is 0 Å². The van der Waals surface area contributed by atoms with Crippen molar-refractivity contribution < 1.29 is 9.21 Å². The number of nitrogens with zero attached hydrogens (tertiary/aromatic N) is 2. The number of nitrogens with one attached hydrogen (secondary N) is 1. The Morgan fingerprint density at radius 3 is 2.75 bits per heavy atom. The minimum atomic E-state index is -0.136. The van der Waals surface area contributed by atoms with E-state index in [1.165, 1.54) is 31.0 Å². The van der Waals surface area contributed by atoms with Crippen LogP contribution in [0.2, 0.25) is 0 Å². The Bertz CT molecular complexity index is 679. The van der Waals surface area contributed by atoms with Crippen LogP contribution in [0.5, 0.6) is 0 Å². The second kappa shape index (κ2) is 8.59. The van der Waals surface area contributed by atoms with Crippen molar-refractivity contribution in [3.05, 3.63) is 48.2 Å². The number of carbonyl (C=O) groups is 1. The molecule has 1 N–H and O–H groups in total. The zero-order chi connectivity index (χ0) is 16.6. The molecule has 0 unspecified atom stereocenters. The molecule has 0 bridgehead atoms. The highest BCUT2D eigenvalue weighted by Gasteiger charge is 2.13. The fraction of sp³-hybridized carbons (Fsp3) is 0.333. The molecule has 2 heterocycles. The molecule has 0 aliphatic carbocycles. The number of hydrazone groups is 1. The minimum Gasteiger partial charge on any atom is -0.440 e. The summed E-state index contributed by atoms with van der Waals surface area (Å²) in [6.45, 7) is 2.08. The average molecular weight is 343 g/mol. The number of carbonyl (C=O) groups excluding carboxylic acids is 1. The zero-order valence-electron chi connectivity index (χ0n) is 13.5. The summed E-state index contributed by atoms with van der Waals surface area (Å²) in [7, 11) is 0. The van der Waals surface area contributed by atoms with Crippen molar-refractivity contribution in [1.82, 2.24) is 5.43 Å². The molecular weight excluding hydrogens is 322 g/mol. The molecule has 1 fully saturated rings. The van der Waals surface area contributed by atoms with Gasteiger partial charge in [0.15, 0.2) is 5.88 Å². The van der Waals surface area contributed by atoms with E-state index in [4.69, 9.17) is 4.42 Å². The Labute approximate surface area is 146 Å². The molecule has 0 saturated carbocycles. The van der Waals surface area contributed by atoms with Gasteiger partial charge in [0.1, 0.15) is 5.76 Å². The Hall–Kier alpha value is -2.21. The molecule has 1 saturated heterocycles. The fourth-order valence-corrected chi connectivity index (χ4v) is 3.27. The number of hydrogen-bond acceptors (Lipinski definition) is 5. The van der Waals surface area contributed by atoms with Crippen LogP contribution in [0, 0.1) is 0 Å². The number of amides is 1. The molecule has 1 aromatic heterocycles. The van der Waals surface area contributed by atoms with E-state index >= 15 is 0 Å². The maximum absolute atomic E-state index is 11.8. The number of hydrogen-bond donors (Lipinski definition) is 1. The minimum absolute atomic E-state index is 0.136. The van der Waals surface area contributed by atoms with Gasteiger partial charge in [0, 0.05) is 24.1 Å². The molecule has 24 heavy (non-hydrogen) atoms. The van der Waals surface area contributed by atoms with Gasteiger partial charge in [-0.15, -0.1) is 11.8 Å². The number of thioether (sulfide) groups is 1. The summed E-state index contributed by atoms with van der Waals surface area (Å²) in [5, 5.41) is 3.96. The van der Waals surface area contributed by atoms with Crippen LogP contribution in [0.15, 0.2) is 56.9 Å². The van der Waals surface area contributed by atoms with Crippen molar-refractivity contribution in [3.63, 3.8) is 0 Å². The molecule has 1 aromatic carbocycles. The van der Waals surface area contributed by atoms with Gasteiger partial charge < -0.3 is 9.32 Å². The molecule has 2 aromatic rings. The van der Waals surface area contributed by atoms with Gasteiger partial charge in [-0.25, -0.2) is 5.43 Å². The van der Waals surface area contributed by atoms with Crippen LogP contribution in [0.4, 0.5) is 5.88 Å². The van der Waals surface area contributed by atoms with Crippen molar-refractivity contribution >= 4 is 29.8 Å². The predicted molar refractivity (Wildman–Crippen MR) is 97.7 cm³/mol. The Morgan fingerprint density at radius 2 is 1.96 bits per heavy atom. The summed E-state index contributed by atoms with van der Waals surface area (Å²) in [5.41, 5.74) is 2.53. The van der Waals surface area contributed by atoms with Crippen LogP contribution in [0.25, 0.3) is 0 Å². The van der Waals surface area contributed by atoms with Crippen molar-refractivity contribution in [2.45, 2.75) is 24.2 Å². The summed E-state index contributed by atoms with van der Waals surface area (Å²) in [6, 6.07) is 13.6. The van der Waals surface area contributed by atoms with Gasteiger partial charge in [-0.05, 0) is 37.5 Å². The standard InChI is InChI=1S/C18H21N3O2S/c22-17(14-24-16-7-3-1-4-8-16)20-19-13-15-9-10-18(23-15)21-11-5-2-6-12-21/h1,3-4,7-10,13H,2,5-6,11-12,14H2,(H,20,22)/b19-13-. The topological polar surface area (TPSA) is 57.8 Å². The summed E-state index contributed by atoms with van der Waals surface area (Å²) < 4.78 is 5.75. The van der Waals surface area contributed by atoms with Gasteiger partial charge in [0.05, 0.1) is 12.0 Å². The first-order valence-electron chi connectivity index (χ1n) is 8.16. The largest absolute Gasteiger partial charge is 0.440 e. The molecule has 1 aliphatic rings. The average Bonchev–Trinajstić information content (AvgIpc) is 3.11. The lowest BCUT2D eigenvalue weighted by Crippen LogP contribution is -2.28. The molecule has 1 amide bonds. The van der Waals surface area contributed by atoms with E-state index in [0.717, 1.165) is 23.9 Å². The summed E-state index contributed by atoms with van der Waals surface area (Å²) in [4.78, 5) is 15.1. The van der Waals surface area contributed by atoms with Crippen LogP contribution < -0.4 is 10.3 Å². The van der Waals surface area contributed by atoms with E-state index in [9.17, 15) is 4.79 Å². The molecule has 0 radical (unpaired) electrons. The predicted octanol–water partition coefficient (Wildman–Crippen LogP) is 3.51. The van der Waals surface area contributed by atoms with E-state index < -0.39 is 0 Å². The third-order valence-electron chi connectivity index (χ3n) is 3.77. The molecular formula is C18H21N3O2S. The van der Waals surface area contributed by atoms with Crippen molar-refractivity contribution in [2.75, 3.05) is 23.7 Å². The van der Waals surface area contributed by atoms with Crippen LogP contribution in [-0.2, 0) is 4.79 Å². The number of furan rings is 1. The van der Waals surface area contributed by atoms with Crippen LogP contribution in [0.1, 0.15) is 25.0 Å². The van der Waals surface area contributed by atoms with E-state index in [1.54, 1.807) is 6.21 Å². The number of piperidine rings is 1. The molecule has 6 heteroatoms. The summed E-state index contributed by atoms with van der Waals surface area (Å²) >= 11 is 1.48. The number of benzene rings is 1. The molecule has 5 nitrogen and oxygen atoms in total. The van der Waals surface area contributed by atoms with Crippen molar-refractivity contribution in [3.8, 4) is 0 Å². The fourth-order valence-electron chi connectivity index (χ4n) is 2.56. The highest BCUT2D eigenvalue weighted by molar-refractivity contribution is 8.00. The van der Waals surface area contributed by atoms with E-state index in [1.807, 2.05) is 42.5 Å². The quantitative estimate of drug-likeness (QED) is 0.495. The third kappa shape index (κ3) is 4.89. The van der Waals surface area contributed by atoms with Gasteiger partial charge in [0.2, 0.25) is 5.91 Å². The first-order chi connectivity index (χ1) is 11.8. The Kier molecular flexibility index (Phi) is 5.96. The maximum atomic E-state index is 11.8. The molecule has 126 valence electrons. The van der Waals surface area contributed by atoms with Crippen molar-refractivity contribution in [2.24, 2.45) is 5.10 Å². The van der Waals surface area contributed by atoms with Gasteiger partial charge in [-0.2, -0.15) is 5.10 Å². The van der Waals surface area contributed by atoms with E-state index in [0.29, 0.717) is 11.5 Å². The van der Waals surface area contributed by atoms with Crippen LogP contribution >= 0.6 is 11.8 Å². The van der Waals surface area contributed by atoms with E-state index in [-0.39, 0.29) is 5.91 Å². The lowest BCUT2D eigenvalue weighted by Gasteiger charge is -2.25. The number of rotatable bonds is 6.